The standard InChI is InChI=1S/C23H20ClFN2O2/c1-15(18-8-5-9-20(25)14-18)27(23(29)17-6-3-2-4-7-17)21(22(26)28)16-10-12-19(24)13-11-16/h2-15,21H,1H3,(H2,26,28)/t15-,21-/m1/s1. The van der Waals surface area contributed by atoms with Crippen molar-refractivity contribution < 1.29 is 14.0 Å². The zero-order valence-electron chi connectivity index (χ0n) is 15.8. The van der Waals surface area contributed by atoms with Crippen LogP contribution in [0.15, 0.2) is 78.9 Å². The number of amides is 2. The van der Waals surface area contributed by atoms with Gasteiger partial charge in [-0.25, -0.2) is 4.39 Å². The molecule has 3 aromatic carbocycles. The molecule has 0 aliphatic carbocycles. The molecule has 3 rings (SSSR count). The van der Waals surface area contributed by atoms with Crippen LogP contribution in [0.25, 0.3) is 0 Å². The Balaban J connectivity index is 2.13. The Labute approximate surface area is 173 Å². The SMILES string of the molecule is C[C@H](c1cccc(F)c1)N(C(=O)c1ccccc1)[C@@H](C(N)=O)c1ccc(Cl)cc1. The summed E-state index contributed by atoms with van der Waals surface area (Å²) in [5, 5.41) is 0.496. The number of hydrogen-bond acceptors (Lipinski definition) is 2. The van der Waals surface area contributed by atoms with Gasteiger partial charge in [-0.2, -0.15) is 0 Å². The van der Waals surface area contributed by atoms with Gasteiger partial charge in [0.25, 0.3) is 5.91 Å². The number of nitrogens with zero attached hydrogens (tertiary/aromatic N) is 1. The van der Waals surface area contributed by atoms with Crippen LogP contribution in [0.3, 0.4) is 0 Å². The molecule has 0 saturated carbocycles. The van der Waals surface area contributed by atoms with Crippen molar-refractivity contribution in [3.05, 3.63) is 106 Å². The lowest BCUT2D eigenvalue weighted by Gasteiger charge is -2.35. The highest BCUT2D eigenvalue weighted by Crippen LogP contribution is 2.33. The van der Waals surface area contributed by atoms with E-state index >= 15 is 0 Å². The van der Waals surface area contributed by atoms with Gasteiger partial charge in [-0.3, -0.25) is 9.59 Å². The summed E-state index contributed by atoms with van der Waals surface area (Å²) < 4.78 is 13.8. The molecule has 2 atom stereocenters. The van der Waals surface area contributed by atoms with Crippen molar-refractivity contribution in [1.29, 1.82) is 0 Å². The summed E-state index contributed by atoms with van der Waals surface area (Å²) in [6, 6.07) is 19.4. The van der Waals surface area contributed by atoms with E-state index in [-0.39, 0.29) is 5.91 Å². The maximum atomic E-state index is 13.8. The van der Waals surface area contributed by atoms with Gasteiger partial charge in [0.2, 0.25) is 5.91 Å². The fourth-order valence-corrected chi connectivity index (χ4v) is 3.41. The van der Waals surface area contributed by atoms with Crippen molar-refractivity contribution in [3.8, 4) is 0 Å². The van der Waals surface area contributed by atoms with Crippen LogP contribution >= 0.6 is 11.6 Å². The molecule has 0 aromatic heterocycles. The molecule has 0 radical (unpaired) electrons. The van der Waals surface area contributed by atoms with Gasteiger partial charge in [-0.05, 0) is 54.4 Å². The van der Waals surface area contributed by atoms with E-state index in [2.05, 4.69) is 0 Å². The van der Waals surface area contributed by atoms with Crippen molar-refractivity contribution in [1.82, 2.24) is 4.90 Å². The van der Waals surface area contributed by atoms with Crippen LogP contribution in [0.1, 0.15) is 40.5 Å². The number of primary amides is 1. The average molecular weight is 411 g/mol. The van der Waals surface area contributed by atoms with Crippen molar-refractivity contribution in [2.24, 2.45) is 5.73 Å². The highest BCUT2D eigenvalue weighted by molar-refractivity contribution is 6.30. The van der Waals surface area contributed by atoms with Gasteiger partial charge in [0.05, 0.1) is 6.04 Å². The lowest BCUT2D eigenvalue weighted by molar-refractivity contribution is -0.123. The van der Waals surface area contributed by atoms with Crippen LogP contribution in [0.5, 0.6) is 0 Å². The second-order valence-corrected chi connectivity index (χ2v) is 7.10. The van der Waals surface area contributed by atoms with E-state index in [9.17, 15) is 14.0 Å². The fraction of sp³-hybridized carbons (Fsp3) is 0.130. The molecule has 0 unspecified atom stereocenters. The quantitative estimate of drug-likeness (QED) is 0.627. The van der Waals surface area contributed by atoms with E-state index in [0.29, 0.717) is 21.7 Å². The van der Waals surface area contributed by atoms with Gasteiger partial charge in [0.15, 0.2) is 0 Å². The molecule has 29 heavy (non-hydrogen) atoms. The molecule has 0 bridgehead atoms. The van der Waals surface area contributed by atoms with Crippen LogP contribution in [-0.4, -0.2) is 16.7 Å². The van der Waals surface area contributed by atoms with Gasteiger partial charge < -0.3 is 10.6 Å². The van der Waals surface area contributed by atoms with Crippen molar-refractivity contribution in [3.63, 3.8) is 0 Å². The van der Waals surface area contributed by atoms with Gasteiger partial charge in [-0.1, -0.05) is 54.1 Å². The lowest BCUT2D eigenvalue weighted by Crippen LogP contribution is -2.43. The van der Waals surface area contributed by atoms with Crippen LogP contribution < -0.4 is 5.73 Å². The summed E-state index contributed by atoms with van der Waals surface area (Å²) in [6.07, 6.45) is 0. The molecule has 0 aliphatic heterocycles. The smallest absolute Gasteiger partial charge is 0.255 e. The molecule has 2 amide bonds. The molecule has 2 N–H and O–H groups in total. The normalized spacial score (nSPS) is 12.8. The first kappa shape index (κ1) is 20.6. The molecule has 0 spiro atoms. The minimum Gasteiger partial charge on any atom is -0.368 e. The van der Waals surface area contributed by atoms with Crippen molar-refractivity contribution in [2.45, 2.75) is 19.0 Å². The number of rotatable bonds is 6. The Kier molecular flexibility index (Phi) is 6.29. The van der Waals surface area contributed by atoms with E-state index in [1.165, 1.54) is 17.0 Å². The predicted molar refractivity (Wildman–Crippen MR) is 111 cm³/mol. The lowest BCUT2D eigenvalue weighted by atomic mass is 9.98. The first-order chi connectivity index (χ1) is 13.9. The fourth-order valence-electron chi connectivity index (χ4n) is 3.28. The largest absolute Gasteiger partial charge is 0.368 e. The number of halogens is 2. The minimum absolute atomic E-state index is 0.388. The molecule has 3 aromatic rings. The monoisotopic (exact) mass is 410 g/mol. The average Bonchev–Trinajstić information content (AvgIpc) is 2.72. The third-order valence-electron chi connectivity index (χ3n) is 4.74. The molecular weight excluding hydrogens is 391 g/mol. The zero-order chi connectivity index (χ0) is 21.0. The number of carbonyl (C=O) groups excluding carboxylic acids is 2. The van der Waals surface area contributed by atoms with Crippen molar-refractivity contribution >= 4 is 23.4 Å². The topological polar surface area (TPSA) is 63.4 Å². The number of benzene rings is 3. The van der Waals surface area contributed by atoms with Crippen LogP contribution in [-0.2, 0) is 4.79 Å². The summed E-state index contributed by atoms with van der Waals surface area (Å²) in [7, 11) is 0. The Morgan fingerprint density at radius 2 is 1.59 bits per heavy atom. The Bertz CT molecular complexity index is 1010. The molecule has 6 heteroatoms. The summed E-state index contributed by atoms with van der Waals surface area (Å²) in [5.41, 5.74) is 7.20. The molecule has 0 fully saturated rings. The van der Waals surface area contributed by atoms with Gasteiger partial charge >= 0.3 is 0 Å². The molecule has 0 aliphatic rings. The molecule has 0 saturated heterocycles. The maximum absolute atomic E-state index is 13.8. The van der Waals surface area contributed by atoms with E-state index < -0.39 is 23.8 Å². The van der Waals surface area contributed by atoms with E-state index in [4.69, 9.17) is 17.3 Å². The summed E-state index contributed by atoms with van der Waals surface area (Å²) in [4.78, 5) is 27.3. The molecule has 4 nitrogen and oxygen atoms in total. The number of nitrogens with two attached hydrogens (primary N) is 1. The second-order valence-electron chi connectivity index (χ2n) is 6.67. The Morgan fingerprint density at radius 3 is 2.17 bits per heavy atom. The van der Waals surface area contributed by atoms with Gasteiger partial charge in [0, 0.05) is 10.6 Å². The van der Waals surface area contributed by atoms with Crippen molar-refractivity contribution in [2.75, 3.05) is 0 Å². The molecular formula is C23H20ClFN2O2. The van der Waals surface area contributed by atoms with Crippen LogP contribution in [0, 0.1) is 5.82 Å². The van der Waals surface area contributed by atoms with E-state index in [1.54, 1.807) is 73.7 Å². The summed E-state index contributed by atoms with van der Waals surface area (Å²) >= 11 is 5.97. The Hall–Kier alpha value is -3.18. The maximum Gasteiger partial charge on any atom is 0.255 e. The van der Waals surface area contributed by atoms with E-state index in [1.807, 2.05) is 0 Å². The number of hydrogen-bond donors (Lipinski definition) is 1. The predicted octanol–water partition coefficient (Wildman–Crippen LogP) is 4.91. The van der Waals surface area contributed by atoms with Crippen LogP contribution in [0.2, 0.25) is 5.02 Å². The minimum atomic E-state index is -1.06. The zero-order valence-corrected chi connectivity index (χ0v) is 16.5. The second kappa shape index (κ2) is 8.88. The highest BCUT2D eigenvalue weighted by atomic mass is 35.5. The summed E-state index contributed by atoms with van der Waals surface area (Å²) in [5.74, 6) is -1.51. The number of carbonyl (C=O) groups is 2. The van der Waals surface area contributed by atoms with E-state index in [0.717, 1.165) is 0 Å². The molecule has 0 heterocycles. The van der Waals surface area contributed by atoms with Gasteiger partial charge in [0.1, 0.15) is 11.9 Å². The summed E-state index contributed by atoms with van der Waals surface area (Å²) in [6.45, 7) is 1.74. The van der Waals surface area contributed by atoms with Gasteiger partial charge in [-0.15, -0.1) is 0 Å². The Morgan fingerprint density at radius 1 is 0.931 bits per heavy atom. The van der Waals surface area contributed by atoms with Crippen LogP contribution in [0.4, 0.5) is 4.39 Å². The highest BCUT2D eigenvalue weighted by Gasteiger charge is 2.34. The third-order valence-corrected chi connectivity index (χ3v) is 4.99. The first-order valence-corrected chi connectivity index (χ1v) is 9.44. The third kappa shape index (κ3) is 4.63. The molecule has 148 valence electrons. The first-order valence-electron chi connectivity index (χ1n) is 9.06.